The third-order valence-corrected chi connectivity index (χ3v) is 6.96. The molecular weight excluding hydrogens is 472 g/mol. The average molecular weight is 493 g/mol. The summed E-state index contributed by atoms with van der Waals surface area (Å²) in [5.74, 6) is 0.527. The van der Waals surface area contributed by atoms with Gasteiger partial charge in [-0.25, -0.2) is 9.98 Å². The topological polar surface area (TPSA) is 69.2 Å². The minimum absolute atomic E-state index is 0.182. The van der Waals surface area contributed by atoms with Gasteiger partial charge in [0.1, 0.15) is 11.3 Å². The summed E-state index contributed by atoms with van der Waals surface area (Å²) in [4.78, 5) is 37.3. The van der Waals surface area contributed by atoms with E-state index in [1.165, 1.54) is 4.57 Å². The van der Waals surface area contributed by atoms with Crippen molar-refractivity contribution < 1.29 is 0 Å². The van der Waals surface area contributed by atoms with Crippen LogP contribution < -0.4 is 16.6 Å². The highest BCUT2D eigenvalue weighted by atomic mass is 16.1. The van der Waals surface area contributed by atoms with Crippen molar-refractivity contribution in [3.63, 3.8) is 0 Å². The highest BCUT2D eigenvalue weighted by Gasteiger charge is 2.23. The Morgan fingerprint density at radius 2 is 1.61 bits per heavy atom. The van der Waals surface area contributed by atoms with Gasteiger partial charge in [0.25, 0.3) is 11.1 Å². The van der Waals surface area contributed by atoms with Crippen LogP contribution in [0, 0.1) is 0 Å². The molecule has 1 aromatic heterocycles. The van der Waals surface area contributed by atoms with Crippen LogP contribution in [0.2, 0.25) is 0 Å². The molecule has 3 aliphatic heterocycles. The molecule has 0 fully saturated rings. The Kier molecular flexibility index (Phi) is 4.65. The summed E-state index contributed by atoms with van der Waals surface area (Å²) in [7, 11) is 0. The summed E-state index contributed by atoms with van der Waals surface area (Å²) in [6.07, 6.45) is 14.4. The van der Waals surface area contributed by atoms with Gasteiger partial charge >= 0.3 is 0 Å². The van der Waals surface area contributed by atoms with Crippen LogP contribution in [0.15, 0.2) is 131 Å². The lowest BCUT2D eigenvalue weighted by molar-refractivity contribution is 0.982. The first kappa shape index (κ1) is 21.9. The molecular formula is C32H20N4O2. The maximum absolute atomic E-state index is 13.9. The van der Waals surface area contributed by atoms with E-state index in [0.29, 0.717) is 44.2 Å². The van der Waals surface area contributed by atoms with Crippen LogP contribution in [0.5, 0.6) is 0 Å². The fourth-order valence-electron chi connectivity index (χ4n) is 5.28. The molecule has 3 aromatic carbocycles. The van der Waals surface area contributed by atoms with E-state index in [-0.39, 0.29) is 11.1 Å². The number of fused-ring (bicyclic) bond motifs is 7. The van der Waals surface area contributed by atoms with Crippen LogP contribution in [-0.2, 0) is 0 Å². The van der Waals surface area contributed by atoms with E-state index in [2.05, 4.69) is 13.2 Å². The van der Waals surface area contributed by atoms with Crippen molar-refractivity contribution in [2.75, 3.05) is 0 Å². The molecule has 0 atom stereocenters. The van der Waals surface area contributed by atoms with Crippen molar-refractivity contribution in [3.8, 4) is 5.82 Å². The molecule has 0 saturated carbocycles. The molecule has 0 unspecified atom stereocenters. The van der Waals surface area contributed by atoms with Gasteiger partial charge in [-0.15, -0.1) is 0 Å². The van der Waals surface area contributed by atoms with Gasteiger partial charge in [-0.3, -0.25) is 18.7 Å². The number of nitrogens with zero attached hydrogens (tertiary/aromatic N) is 4. The third kappa shape index (κ3) is 3.01. The second kappa shape index (κ2) is 8.08. The normalized spacial score (nSPS) is 14.2. The molecule has 38 heavy (non-hydrogen) atoms. The van der Waals surface area contributed by atoms with E-state index < -0.39 is 0 Å². The molecule has 0 saturated heterocycles. The molecule has 0 amide bonds. The predicted octanol–water partition coefficient (Wildman–Crippen LogP) is 5.44. The van der Waals surface area contributed by atoms with Gasteiger partial charge < -0.3 is 0 Å². The van der Waals surface area contributed by atoms with E-state index in [1.54, 1.807) is 34.9 Å². The minimum atomic E-state index is -0.252. The number of rotatable bonds is 2. The van der Waals surface area contributed by atoms with Crippen molar-refractivity contribution in [1.82, 2.24) is 14.1 Å². The summed E-state index contributed by atoms with van der Waals surface area (Å²) in [5.41, 5.74) is 2.68. The Bertz CT molecular complexity index is 2250. The zero-order valence-corrected chi connectivity index (χ0v) is 20.3. The van der Waals surface area contributed by atoms with Crippen molar-refractivity contribution in [2.45, 2.75) is 0 Å². The largest absolute Gasteiger partial charge is 0.268 e. The lowest BCUT2D eigenvalue weighted by Gasteiger charge is -2.11. The molecule has 0 radical (unpaired) electrons. The fraction of sp³-hybridized carbons (Fsp3) is 0. The Labute approximate surface area is 216 Å². The smallest absolute Gasteiger partial charge is 0.264 e. The van der Waals surface area contributed by atoms with E-state index in [1.807, 2.05) is 66.8 Å². The zero-order valence-electron chi connectivity index (χ0n) is 20.3. The standard InChI is InChI=1S/C32H20N4O2/c1-3-4-13-21-14-7-5-6-10-19(2)35-29(33-21)22-17-25-23(18-24(22)31(35)37)30-34-26-15-8-11-20-12-9-16-27(28(20)26)36(30)32(25)38/h3-18H,1-2H2/b7-5?,10-6?,13-4-,21-14?,33-29?. The molecule has 0 bridgehead atoms. The summed E-state index contributed by atoms with van der Waals surface area (Å²) >= 11 is 0. The molecule has 0 N–H and O–H groups in total. The monoisotopic (exact) mass is 492 g/mol. The van der Waals surface area contributed by atoms with Crippen molar-refractivity contribution in [3.05, 3.63) is 142 Å². The second-order valence-corrected chi connectivity index (χ2v) is 9.17. The maximum atomic E-state index is 13.9. The van der Waals surface area contributed by atoms with E-state index >= 15 is 0 Å². The van der Waals surface area contributed by atoms with Crippen molar-refractivity contribution in [2.24, 2.45) is 4.99 Å². The Hall–Kier alpha value is -5.36. The summed E-state index contributed by atoms with van der Waals surface area (Å²) in [5, 5.41) is 4.09. The SMILES string of the molecule is C=C/C=C\C1=CC=CC=CC(=C)n2c(=O)c3cc4c5nc6cccc7cccc(c76)n-5c(=O)c4cc3c2=N1. The van der Waals surface area contributed by atoms with Crippen molar-refractivity contribution in [1.29, 1.82) is 0 Å². The quantitative estimate of drug-likeness (QED) is 0.302. The van der Waals surface area contributed by atoms with E-state index in [4.69, 9.17) is 9.98 Å². The van der Waals surface area contributed by atoms with Crippen LogP contribution in [0.4, 0.5) is 0 Å². The van der Waals surface area contributed by atoms with E-state index in [9.17, 15) is 9.59 Å². The first-order chi connectivity index (χ1) is 18.6. The van der Waals surface area contributed by atoms with Crippen LogP contribution in [0.3, 0.4) is 0 Å². The van der Waals surface area contributed by atoms with Crippen LogP contribution in [0.25, 0.3) is 54.9 Å². The van der Waals surface area contributed by atoms with Gasteiger partial charge in [0.05, 0.1) is 27.5 Å². The minimum Gasteiger partial charge on any atom is -0.268 e. The third-order valence-electron chi connectivity index (χ3n) is 6.96. The molecule has 6 nitrogen and oxygen atoms in total. The predicted molar refractivity (Wildman–Crippen MR) is 154 cm³/mol. The number of allylic oxidation sites excluding steroid dienone is 9. The van der Waals surface area contributed by atoms with Gasteiger partial charge in [-0.2, -0.15) is 0 Å². The molecule has 0 aliphatic carbocycles. The zero-order chi connectivity index (χ0) is 26.0. The molecule has 4 aromatic rings. The summed E-state index contributed by atoms with van der Waals surface area (Å²) in [6, 6.07) is 15.3. The van der Waals surface area contributed by atoms with Crippen LogP contribution in [-0.4, -0.2) is 14.1 Å². The lowest BCUT2D eigenvalue weighted by Crippen LogP contribution is -2.25. The molecule has 3 aliphatic rings. The molecule has 0 spiro atoms. The number of hydrogen-bond donors (Lipinski definition) is 0. The molecule has 180 valence electrons. The Morgan fingerprint density at radius 1 is 0.842 bits per heavy atom. The van der Waals surface area contributed by atoms with Crippen LogP contribution >= 0.6 is 0 Å². The second-order valence-electron chi connectivity index (χ2n) is 9.17. The first-order valence-electron chi connectivity index (χ1n) is 12.2. The number of hydrogen-bond acceptors (Lipinski definition) is 4. The Balaban J connectivity index is 1.66. The first-order valence-corrected chi connectivity index (χ1v) is 12.2. The summed E-state index contributed by atoms with van der Waals surface area (Å²) < 4.78 is 3.14. The molecule has 6 heteroatoms. The van der Waals surface area contributed by atoms with E-state index in [0.717, 1.165) is 21.8 Å². The molecule has 4 heterocycles. The summed E-state index contributed by atoms with van der Waals surface area (Å²) in [6.45, 7) is 7.84. The number of benzene rings is 3. The van der Waals surface area contributed by atoms with Crippen molar-refractivity contribution >= 4 is 49.0 Å². The maximum Gasteiger partial charge on any atom is 0.264 e. The fourth-order valence-corrected chi connectivity index (χ4v) is 5.28. The highest BCUT2D eigenvalue weighted by Crippen LogP contribution is 2.32. The van der Waals surface area contributed by atoms with Gasteiger partial charge in [0.2, 0.25) is 0 Å². The lowest BCUT2D eigenvalue weighted by atomic mass is 10.1. The van der Waals surface area contributed by atoms with Gasteiger partial charge in [0.15, 0.2) is 0 Å². The van der Waals surface area contributed by atoms with Gasteiger partial charge in [-0.1, -0.05) is 67.8 Å². The highest BCUT2D eigenvalue weighted by molar-refractivity contribution is 6.11. The van der Waals surface area contributed by atoms with Crippen LogP contribution in [0.1, 0.15) is 0 Å². The average Bonchev–Trinajstić information content (AvgIpc) is 3.36. The van der Waals surface area contributed by atoms with Gasteiger partial charge in [-0.05, 0) is 47.9 Å². The molecule has 7 rings (SSSR count). The Morgan fingerprint density at radius 3 is 2.45 bits per heavy atom. The van der Waals surface area contributed by atoms with Gasteiger partial charge in [0, 0.05) is 21.9 Å². The number of aromatic nitrogens is 3.